The smallest absolute Gasteiger partial charge is 0.251 e. The van der Waals surface area contributed by atoms with E-state index in [4.69, 9.17) is 0 Å². The Labute approximate surface area is 135 Å². The molecule has 0 fully saturated rings. The number of amides is 1. The quantitative estimate of drug-likeness (QED) is 0.799. The van der Waals surface area contributed by atoms with E-state index in [1.807, 2.05) is 79.2 Å². The van der Waals surface area contributed by atoms with Crippen molar-refractivity contribution in [1.82, 2.24) is 15.1 Å². The van der Waals surface area contributed by atoms with Crippen LogP contribution in [0.15, 0.2) is 66.9 Å². The van der Waals surface area contributed by atoms with Crippen molar-refractivity contribution in [3.63, 3.8) is 0 Å². The van der Waals surface area contributed by atoms with Gasteiger partial charge < -0.3 is 5.32 Å². The third-order valence-electron chi connectivity index (χ3n) is 3.85. The molecule has 2 aromatic carbocycles. The first-order valence-electron chi connectivity index (χ1n) is 7.62. The SMILES string of the molecule is Cc1ccnn1-c1ccc(C(=O)N[C@@H](C)c2ccccc2)cc1. The molecule has 0 spiro atoms. The number of benzene rings is 2. The Balaban J connectivity index is 1.72. The molecular formula is C19H19N3O. The molecule has 4 heteroatoms. The Hall–Kier alpha value is -2.88. The van der Waals surface area contributed by atoms with Gasteiger partial charge in [-0.05, 0) is 49.7 Å². The van der Waals surface area contributed by atoms with E-state index in [0.717, 1.165) is 16.9 Å². The van der Waals surface area contributed by atoms with Gasteiger partial charge in [-0.2, -0.15) is 5.10 Å². The maximum absolute atomic E-state index is 12.4. The van der Waals surface area contributed by atoms with Gasteiger partial charge in [-0.25, -0.2) is 4.68 Å². The van der Waals surface area contributed by atoms with Crippen LogP contribution in [0.4, 0.5) is 0 Å². The minimum Gasteiger partial charge on any atom is -0.346 e. The van der Waals surface area contributed by atoms with Gasteiger partial charge in [0.05, 0.1) is 11.7 Å². The average molecular weight is 305 g/mol. The molecule has 3 rings (SSSR count). The zero-order valence-corrected chi connectivity index (χ0v) is 13.2. The highest BCUT2D eigenvalue weighted by atomic mass is 16.1. The minimum absolute atomic E-state index is 0.0308. The van der Waals surface area contributed by atoms with E-state index in [-0.39, 0.29) is 11.9 Å². The van der Waals surface area contributed by atoms with Crippen LogP contribution in [0.5, 0.6) is 0 Å². The third-order valence-corrected chi connectivity index (χ3v) is 3.85. The van der Waals surface area contributed by atoms with Gasteiger partial charge in [-0.1, -0.05) is 30.3 Å². The van der Waals surface area contributed by atoms with Gasteiger partial charge in [0.1, 0.15) is 0 Å². The third kappa shape index (κ3) is 3.31. The second-order valence-corrected chi connectivity index (χ2v) is 5.54. The topological polar surface area (TPSA) is 46.9 Å². The molecule has 1 heterocycles. The second-order valence-electron chi connectivity index (χ2n) is 5.54. The first-order chi connectivity index (χ1) is 11.1. The molecule has 116 valence electrons. The van der Waals surface area contributed by atoms with Crippen molar-refractivity contribution >= 4 is 5.91 Å². The fourth-order valence-corrected chi connectivity index (χ4v) is 2.50. The van der Waals surface area contributed by atoms with Crippen molar-refractivity contribution in [3.8, 4) is 5.69 Å². The number of carbonyl (C=O) groups is 1. The Morgan fingerprint density at radius 3 is 2.35 bits per heavy atom. The lowest BCUT2D eigenvalue weighted by atomic mass is 10.1. The van der Waals surface area contributed by atoms with Gasteiger partial charge in [0, 0.05) is 17.5 Å². The largest absolute Gasteiger partial charge is 0.346 e. The lowest BCUT2D eigenvalue weighted by Gasteiger charge is -2.14. The first-order valence-corrected chi connectivity index (χ1v) is 7.62. The summed E-state index contributed by atoms with van der Waals surface area (Å²) in [6.07, 6.45) is 1.76. The molecule has 1 atom stereocenters. The molecule has 1 N–H and O–H groups in total. The van der Waals surface area contributed by atoms with E-state index in [9.17, 15) is 4.79 Å². The van der Waals surface area contributed by atoms with E-state index in [1.54, 1.807) is 6.20 Å². The summed E-state index contributed by atoms with van der Waals surface area (Å²) in [7, 11) is 0. The second kappa shape index (κ2) is 6.48. The van der Waals surface area contributed by atoms with Crippen LogP contribution >= 0.6 is 0 Å². The van der Waals surface area contributed by atoms with Crippen LogP contribution in [-0.2, 0) is 0 Å². The number of nitrogens with one attached hydrogen (secondary N) is 1. The Morgan fingerprint density at radius 1 is 1.04 bits per heavy atom. The predicted octanol–water partition coefficient (Wildman–Crippen LogP) is 3.67. The molecule has 0 saturated heterocycles. The van der Waals surface area contributed by atoms with Crippen molar-refractivity contribution in [2.45, 2.75) is 19.9 Å². The van der Waals surface area contributed by atoms with Crippen molar-refractivity contribution in [2.24, 2.45) is 0 Å². The van der Waals surface area contributed by atoms with Gasteiger partial charge in [-0.3, -0.25) is 4.79 Å². The van der Waals surface area contributed by atoms with Crippen LogP contribution in [0.1, 0.15) is 34.6 Å². The molecule has 0 radical (unpaired) electrons. The summed E-state index contributed by atoms with van der Waals surface area (Å²) in [5.41, 5.74) is 3.73. The molecular weight excluding hydrogens is 286 g/mol. The maximum atomic E-state index is 12.4. The molecule has 0 aliphatic carbocycles. The van der Waals surface area contributed by atoms with Gasteiger partial charge in [0.15, 0.2) is 0 Å². The molecule has 23 heavy (non-hydrogen) atoms. The Kier molecular flexibility index (Phi) is 4.24. The average Bonchev–Trinajstić information content (AvgIpc) is 3.02. The number of aryl methyl sites for hydroxylation is 1. The highest BCUT2D eigenvalue weighted by Crippen LogP contribution is 2.14. The van der Waals surface area contributed by atoms with Crippen molar-refractivity contribution in [2.75, 3.05) is 0 Å². The molecule has 0 unspecified atom stereocenters. The van der Waals surface area contributed by atoms with Crippen molar-refractivity contribution < 1.29 is 4.79 Å². The summed E-state index contributed by atoms with van der Waals surface area (Å²) in [4.78, 5) is 12.4. The van der Waals surface area contributed by atoms with E-state index in [0.29, 0.717) is 5.56 Å². The van der Waals surface area contributed by atoms with E-state index >= 15 is 0 Å². The fraction of sp³-hybridized carbons (Fsp3) is 0.158. The van der Waals surface area contributed by atoms with E-state index < -0.39 is 0 Å². The number of aromatic nitrogens is 2. The zero-order chi connectivity index (χ0) is 16.2. The lowest BCUT2D eigenvalue weighted by molar-refractivity contribution is 0.0940. The highest BCUT2D eigenvalue weighted by molar-refractivity contribution is 5.94. The summed E-state index contributed by atoms with van der Waals surface area (Å²) < 4.78 is 1.84. The summed E-state index contributed by atoms with van der Waals surface area (Å²) in [6.45, 7) is 3.98. The van der Waals surface area contributed by atoms with E-state index in [1.165, 1.54) is 0 Å². The van der Waals surface area contributed by atoms with Gasteiger partial charge in [0.25, 0.3) is 5.91 Å². The molecule has 1 amide bonds. The minimum atomic E-state index is -0.0786. The summed E-state index contributed by atoms with van der Waals surface area (Å²) in [5, 5.41) is 7.28. The molecule has 0 aliphatic rings. The molecule has 0 aliphatic heterocycles. The number of carbonyl (C=O) groups excluding carboxylic acids is 1. The Morgan fingerprint density at radius 2 is 1.74 bits per heavy atom. The standard InChI is InChI=1S/C19H19N3O/c1-14-12-13-20-22(14)18-10-8-17(9-11-18)19(23)21-15(2)16-6-4-3-5-7-16/h3-13,15H,1-2H3,(H,21,23)/t15-/m0/s1. The van der Waals surface area contributed by atoms with Gasteiger partial charge in [0.2, 0.25) is 0 Å². The highest BCUT2D eigenvalue weighted by Gasteiger charge is 2.11. The van der Waals surface area contributed by atoms with Gasteiger partial charge in [-0.15, -0.1) is 0 Å². The predicted molar refractivity (Wildman–Crippen MR) is 90.6 cm³/mol. The Bertz CT molecular complexity index is 791. The van der Waals surface area contributed by atoms with Crippen LogP contribution in [0.2, 0.25) is 0 Å². The molecule has 0 bridgehead atoms. The van der Waals surface area contributed by atoms with Crippen molar-refractivity contribution in [3.05, 3.63) is 83.7 Å². The molecule has 3 aromatic rings. The lowest BCUT2D eigenvalue weighted by Crippen LogP contribution is -2.26. The van der Waals surface area contributed by atoms with Crippen LogP contribution in [0, 0.1) is 6.92 Å². The van der Waals surface area contributed by atoms with Crippen LogP contribution < -0.4 is 5.32 Å². The normalized spacial score (nSPS) is 11.9. The summed E-state index contributed by atoms with van der Waals surface area (Å²) >= 11 is 0. The summed E-state index contributed by atoms with van der Waals surface area (Å²) in [5.74, 6) is -0.0786. The number of rotatable bonds is 4. The number of hydrogen-bond acceptors (Lipinski definition) is 2. The first kappa shape index (κ1) is 15.0. The molecule has 1 aromatic heterocycles. The molecule has 0 saturated carbocycles. The zero-order valence-electron chi connectivity index (χ0n) is 13.2. The van der Waals surface area contributed by atoms with Crippen LogP contribution in [0.25, 0.3) is 5.69 Å². The van der Waals surface area contributed by atoms with Gasteiger partial charge >= 0.3 is 0 Å². The fourth-order valence-electron chi connectivity index (χ4n) is 2.50. The monoisotopic (exact) mass is 305 g/mol. The van der Waals surface area contributed by atoms with Crippen LogP contribution in [-0.4, -0.2) is 15.7 Å². The summed E-state index contributed by atoms with van der Waals surface area (Å²) in [6, 6.07) is 19.3. The number of hydrogen-bond donors (Lipinski definition) is 1. The number of nitrogens with zero attached hydrogens (tertiary/aromatic N) is 2. The van der Waals surface area contributed by atoms with Crippen molar-refractivity contribution in [1.29, 1.82) is 0 Å². The van der Waals surface area contributed by atoms with Crippen LogP contribution in [0.3, 0.4) is 0 Å². The maximum Gasteiger partial charge on any atom is 0.251 e. The molecule has 4 nitrogen and oxygen atoms in total. The van der Waals surface area contributed by atoms with E-state index in [2.05, 4.69) is 10.4 Å².